The highest BCUT2D eigenvalue weighted by molar-refractivity contribution is 5.06. The summed E-state index contributed by atoms with van der Waals surface area (Å²) in [6.45, 7) is 18.9. The molecule has 0 aromatic heterocycles. The highest BCUT2D eigenvalue weighted by atomic mass is 16.2. The minimum Gasteiger partial charge on any atom is -0.392 e. The molecular formula is C35H66O. The van der Waals surface area contributed by atoms with Crippen molar-refractivity contribution in [2.24, 2.45) is 23.7 Å². The number of hydrogen-bond donors (Lipinski definition) is 1. The lowest BCUT2D eigenvalue weighted by molar-refractivity contribution is 0.341. The van der Waals surface area contributed by atoms with Gasteiger partial charge in [-0.15, -0.1) is 0 Å². The van der Waals surface area contributed by atoms with Crippen LogP contribution in [0.2, 0.25) is 0 Å². The summed E-state index contributed by atoms with van der Waals surface area (Å²) in [5.41, 5.74) is 4.35. The second-order valence-electron chi connectivity index (χ2n) is 12.8. The lowest BCUT2D eigenvalue weighted by Crippen LogP contribution is -2.01. The molecule has 0 aliphatic carbocycles. The number of rotatable bonds is 23. The van der Waals surface area contributed by atoms with E-state index in [-0.39, 0.29) is 6.61 Å². The molecule has 0 saturated heterocycles. The monoisotopic (exact) mass is 503 g/mol. The summed E-state index contributed by atoms with van der Waals surface area (Å²) in [5.74, 6) is 3.57. The molecule has 0 saturated carbocycles. The third-order valence-electron chi connectivity index (χ3n) is 8.04. The molecule has 0 amide bonds. The number of aliphatic hydroxyl groups excluding tert-OH is 1. The van der Waals surface area contributed by atoms with Gasteiger partial charge in [0.25, 0.3) is 0 Å². The summed E-state index contributed by atoms with van der Waals surface area (Å²) in [6.07, 6.45) is 28.0. The minimum absolute atomic E-state index is 0.162. The Morgan fingerprint density at radius 1 is 0.500 bits per heavy atom. The van der Waals surface area contributed by atoms with Crippen LogP contribution in [0, 0.1) is 23.7 Å². The molecule has 0 aromatic carbocycles. The Bertz CT molecular complexity index is 594. The van der Waals surface area contributed by atoms with Gasteiger partial charge in [0.15, 0.2) is 0 Å². The number of hydrogen-bond acceptors (Lipinski definition) is 1. The molecular weight excluding hydrogens is 436 g/mol. The Labute approximate surface area is 228 Å². The molecule has 3 atom stereocenters. The van der Waals surface area contributed by atoms with Crippen LogP contribution in [0.4, 0.5) is 0 Å². The van der Waals surface area contributed by atoms with E-state index in [4.69, 9.17) is 5.11 Å². The highest BCUT2D eigenvalue weighted by Gasteiger charge is 2.08. The van der Waals surface area contributed by atoms with Crippen LogP contribution in [-0.4, -0.2) is 11.7 Å². The van der Waals surface area contributed by atoms with Crippen LogP contribution in [0.25, 0.3) is 0 Å². The maximum Gasteiger partial charge on any atom is 0.0614 e. The van der Waals surface area contributed by atoms with E-state index in [1.165, 1.54) is 101 Å². The second-order valence-corrected chi connectivity index (χ2v) is 12.8. The molecule has 0 rings (SSSR count). The van der Waals surface area contributed by atoms with Gasteiger partial charge < -0.3 is 5.11 Å². The van der Waals surface area contributed by atoms with Crippen molar-refractivity contribution in [1.29, 1.82) is 0 Å². The first-order chi connectivity index (χ1) is 17.1. The topological polar surface area (TPSA) is 20.2 Å². The highest BCUT2D eigenvalue weighted by Crippen LogP contribution is 2.24. The smallest absolute Gasteiger partial charge is 0.0614 e. The van der Waals surface area contributed by atoms with Gasteiger partial charge in [-0.3, -0.25) is 0 Å². The van der Waals surface area contributed by atoms with Gasteiger partial charge in [0.2, 0.25) is 0 Å². The molecule has 1 N–H and O–H groups in total. The fraction of sp³-hybridized carbons (Fsp3) is 0.829. The summed E-state index contributed by atoms with van der Waals surface area (Å²) in [7, 11) is 0. The molecule has 0 bridgehead atoms. The van der Waals surface area contributed by atoms with Crippen molar-refractivity contribution in [3.05, 3.63) is 34.9 Å². The van der Waals surface area contributed by atoms with Gasteiger partial charge in [-0.25, -0.2) is 0 Å². The Morgan fingerprint density at radius 3 is 1.28 bits per heavy atom. The Morgan fingerprint density at radius 2 is 0.861 bits per heavy atom. The summed E-state index contributed by atoms with van der Waals surface area (Å²) >= 11 is 0. The standard InChI is InChI=1S/C35H66O/c1-29(2)15-9-16-30(3)17-10-18-31(4)19-11-20-32(5)21-12-22-33(6)23-13-24-34(7)25-14-26-35(8)27-28-36/h23,25,27,29-32,36H,9-22,24,26,28H2,1-8H3/b33-23-,34-25-,35-27-. The Balaban J connectivity index is 3.82. The van der Waals surface area contributed by atoms with E-state index in [2.05, 4.69) is 67.5 Å². The van der Waals surface area contributed by atoms with Crippen LogP contribution < -0.4 is 0 Å². The Kier molecular flexibility index (Phi) is 22.8. The van der Waals surface area contributed by atoms with Crippen molar-refractivity contribution < 1.29 is 5.11 Å². The lowest BCUT2D eigenvalue weighted by Gasteiger charge is -2.16. The SMILES string of the molecule is C/C(=C/CO)CC/C=C(/C)CC/C=C(/C)CCCC(C)CCCC(C)CCCC(C)CCCC(C)C. The first-order valence-electron chi connectivity index (χ1n) is 15.7. The molecule has 0 aromatic rings. The molecule has 36 heavy (non-hydrogen) atoms. The van der Waals surface area contributed by atoms with Crippen LogP contribution in [-0.2, 0) is 0 Å². The molecule has 212 valence electrons. The summed E-state index contributed by atoms with van der Waals surface area (Å²) in [5, 5.41) is 8.93. The van der Waals surface area contributed by atoms with Gasteiger partial charge >= 0.3 is 0 Å². The van der Waals surface area contributed by atoms with Crippen LogP contribution in [0.3, 0.4) is 0 Å². The normalized spacial score (nSPS) is 16.0. The minimum atomic E-state index is 0.162. The van der Waals surface area contributed by atoms with Crippen LogP contribution in [0.5, 0.6) is 0 Å². The van der Waals surface area contributed by atoms with Crippen molar-refractivity contribution >= 4 is 0 Å². The molecule has 0 heterocycles. The largest absolute Gasteiger partial charge is 0.392 e. The predicted octanol–water partition coefficient (Wildman–Crippen LogP) is 11.6. The van der Waals surface area contributed by atoms with Gasteiger partial charge in [0, 0.05) is 0 Å². The molecule has 0 radical (unpaired) electrons. The lowest BCUT2D eigenvalue weighted by atomic mass is 9.90. The molecule has 3 unspecified atom stereocenters. The third-order valence-corrected chi connectivity index (χ3v) is 8.04. The zero-order valence-electron chi connectivity index (χ0n) is 26.0. The molecule has 0 aliphatic rings. The van der Waals surface area contributed by atoms with Crippen molar-refractivity contribution in [2.45, 2.75) is 158 Å². The van der Waals surface area contributed by atoms with E-state index in [1.807, 2.05) is 6.08 Å². The van der Waals surface area contributed by atoms with Crippen molar-refractivity contribution in [3.63, 3.8) is 0 Å². The van der Waals surface area contributed by atoms with Gasteiger partial charge in [-0.2, -0.15) is 0 Å². The molecule has 0 spiro atoms. The fourth-order valence-electron chi connectivity index (χ4n) is 5.22. The molecule has 1 heteroatoms. The van der Waals surface area contributed by atoms with Gasteiger partial charge in [0.1, 0.15) is 0 Å². The molecule has 0 aliphatic heterocycles. The maximum absolute atomic E-state index is 8.93. The molecule has 1 nitrogen and oxygen atoms in total. The van der Waals surface area contributed by atoms with E-state index in [0.717, 1.165) is 36.5 Å². The first-order valence-corrected chi connectivity index (χ1v) is 15.7. The third kappa shape index (κ3) is 23.6. The van der Waals surface area contributed by atoms with Crippen molar-refractivity contribution in [1.82, 2.24) is 0 Å². The molecule has 0 fully saturated rings. The van der Waals surface area contributed by atoms with Crippen molar-refractivity contribution in [2.75, 3.05) is 6.61 Å². The van der Waals surface area contributed by atoms with E-state index < -0.39 is 0 Å². The van der Waals surface area contributed by atoms with E-state index in [1.54, 1.807) is 5.57 Å². The van der Waals surface area contributed by atoms with E-state index in [9.17, 15) is 0 Å². The number of allylic oxidation sites excluding steroid dienone is 5. The van der Waals surface area contributed by atoms with Gasteiger partial charge in [0.05, 0.1) is 6.61 Å². The van der Waals surface area contributed by atoms with Crippen molar-refractivity contribution in [3.8, 4) is 0 Å². The Hall–Kier alpha value is -0.820. The van der Waals surface area contributed by atoms with E-state index in [0.29, 0.717) is 0 Å². The summed E-state index contributed by atoms with van der Waals surface area (Å²) < 4.78 is 0. The zero-order chi connectivity index (χ0) is 27.2. The van der Waals surface area contributed by atoms with Gasteiger partial charge in [-0.05, 0) is 83.0 Å². The van der Waals surface area contributed by atoms with Gasteiger partial charge in [-0.1, -0.05) is 134 Å². The van der Waals surface area contributed by atoms with Crippen LogP contribution in [0.15, 0.2) is 34.9 Å². The maximum atomic E-state index is 8.93. The summed E-state index contributed by atoms with van der Waals surface area (Å²) in [4.78, 5) is 0. The summed E-state index contributed by atoms with van der Waals surface area (Å²) in [6, 6.07) is 0. The second kappa shape index (κ2) is 23.3. The fourth-order valence-corrected chi connectivity index (χ4v) is 5.22. The van der Waals surface area contributed by atoms with Crippen LogP contribution in [0.1, 0.15) is 158 Å². The zero-order valence-corrected chi connectivity index (χ0v) is 26.0. The average molecular weight is 503 g/mol. The van der Waals surface area contributed by atoms with Crippen LogP contribution >= 0.6 is 0 Å². The first kappa shape index (κ1) is 35.2. The van der Waals surface area contributed by atoms with E-state index >= 15 is 0 Å². The quantitative estimate of drug-likeness (QED) is 0.138. The predicted molar refractivity (Wildman–Crippen MR) is 165 cm³/mol. The average Bonchev–Trinajstić information content (AvgIpc) is 2.79. The number of aliphatic hydroxyl groups is 1.